The molecule has 5 rings (SSSR count). The first kappa shape index (κ1) is 23.3. The molecule has 0 amide bonds. The van der Waals surface area contributed by atoms with E-state index < -0.39 is 7.12 Å². The number of rotatable bonds is 3. The topological polar surface area (TPSA) is 45.4 Å². The van der Waals surface area contributed by atoms with Crippen LogP contribution in [0.3, 0.4) is 0 Å². The number of aromatic nitrogens is 1. The Morgan fingerprint density at radius 2 is 1.12 bits per heavy atom. The normalized spacial score (nSPS) is 10.2. The van der Waals surface area contributed by atoms with Gasteiger partial charge in [0.15, 0.2) is 0 Å². The first-order valence-electron chi connectivity index (χ1n) is 11.3. The van der Waals surface area contributed by atoms with Crippen molar-refractivity contribution in [2.45, 2.75) is 27.7 Å². The maximum absolute atomic E-state index is 9.57. The highest BCUT2D eigenvalue weighted by Crippen LogP contribution is 2.32. The maximum Gasteiger partial charge on any atom is 0.488 e. The Balaban J connectivity index is 0.000000686. The van der Waals surface area contributed by atoms with Gasteiger partial charge in [0.25, 0.3) is 0 Å². The molecule has 1 aromatic heterocycles. The summed E-state index contributed by atoms with van der Waals surface area (Å²) < 4.78 is 2.22. The summed E-state index contributed by atoms with van der Waals surface area (Å²) in [6.07, 6.45) is 0. The minimum Gasteiger partial charge on any atom is -0.423 e. The molecule has 0 aliphatic carbocycles. The van der Waals surface area contributed by atoms with Gasteiger partial charge in [0.2, 0.25) is 0 Å². The molecule has 0 saturated heterocycles. The van der Waals surface area contributed by atoms with Crippen LogP contribution in [0.4, 0.5) is 0 Å². The number of para-hydroxylation sites is 1. The van der Waals surface area contributed by atoms with Crippen molar-refractivity contribution in [1.29, 1.82) is 0 Å². The molecule has 0 spiro atoms. The maximum atomic E-state index is 9.57. The number of hydrogen-bond donors (Lipinski definition) is 2. The van der Waals surface area contributed by atoms with E-state index in [1.54, 1.807) is 6.07 Å². The second kappa shape index (κ2) is 10.8. The van der Waals surface area contributed by atoms with E-state index in [9.17, 15) is 10.0 Å². The van der Waals surface area contributed by atoms with E-state index in [1.165, 1.54) is 11.1 Å². The lowest BCUT2D eigenvalue weighted by molar-refractivity contribution is 0.426. The Kier molecular flexibility index (Phi) is 7.88. The first-order chi connectivity index (χ1) is 15.7. The van der Waals surface area contributed by atoms with Crippen LogP contribution in [0.15, 0.2) is 97.1 Å². The molecule has 0 atom stereocenters. The average molecular weight is 423 g/mol. The van der Waals surface area contributed by atoms with Gasteiger partial charge in [-0.2, -0.15) is 0 Å². The van der Waals surface area contributed by atoms with Crippen molar-refractivity contribution >= 4 is 34.4 Å². The minimum atomic E-state index is -1.48. The molecule has 0 aliphatic rings. The summed E-state index contributed by atoms with van der Waals surface area (Å²) in [6.45, 7) is 8.00. The Labute approximate surface area is 190 Å². The Bertz CT molecular complexity index is 1280. The minimum absolute atomic E-state index is 0.495. The molecule has 0 fully saturated rings. The standard InChI is InChI=1S/C24H18BNO2.2C2H6/c27-25(28)19-12-15-24-22(16-19)21-8-4-5-9-23(21)26(24)20-13-10-18(11-14-20)17-6-2-1-3-7-17;2*1-2/h1-16,27-28H;2*1-2H3. The Morgan fingerprint density at radius 3 is 1.78 bits per heavy atom. The highest BCUT2D eigenvalue weighted by atomic mass is 16.4. The van der Waals surface area contributed by atoms with Gasteiger partial charge in [-0.1, -0.05) is 100 Å². The molecule has 0 radical (unpaired) electrons. The molecule has 2 N–H and O–H groups in total. The van der Waals surface area contributed by atoms with Gasteiger partial charge in [-0.05, 0) is 40.9 Å². The highest BCUT2D eigenvalue weighted by Gasteiger charge is 2.16. The number of benzene rings is 4. The van der Waals surface area contributed by atoms with Crippen molar-refractivity contribution < 1.29 is 10.0 Å². The van der Waals surface area contributed by atoms with E-state index in [1.807, 2.05) is 70.2 Å². The van der Waals surface area contributed by atoms with E-state index >= 15 is 0 Å². The lowest BCUT2D eigenvalue weighted by atomic mass is 9.80. The van der Waals surface area contributed by atoms with Crippen LogP contribution in [0, 0.1) is 0 Å². The first-order valence-corrected chi connectivity index (χ1v) is 11.3. The molecular formula is C28H30BNO2. The molecule has 0 saturated carbocycles. The van der Waals surface area contributed by atoms with Crippen molar-refractivity contribution in [3.63, 3.8) is 0 Å². The fraction of sp³-hybridized carbons (Fsp3) is 0.143. The molecule has 1 heterocycles. The molecule has 5 aromatic rings. The Hall–Kier alpha value is -3.34. The number of nitrogens with zero attached hydrogens (tertiary/aromatic N) is 1. The molecule has 4 heteroatoms. The van der Waals surface area contributed by atoms with Crippen LogP contribution in [0.2, 0.25) is 0 Å². The second-order valence-corrected chi connectivity index (χ2v) is 6.92. The molecule has 4 aromatic carbocycles. The van der Waals surface area contributed by atoms with Gasteiger partial charge in [-0.3, -0.25) is 0 Å². The van der Waals surface area contributed by atoms with Gasteiger partial charge in [-0.25, -0.2) is 0 Å². The third-order valence-corrected chi connectivity index (χ3v) is 5.23. The SMILES string of the molecule is CC.CC.OB(O)c1ccc2c(c1)c1ccccc1n2-c1ccc(-c2ccccc2)cc1. The Morgan fingerprint density at radius 1 is 0.562 bits per heavy atom. The second-order valence-electron chi connectivity index (χ2n) is 6.92. The van der Waals surface area contributed by atoms with Crippen molar-refractivity contribution in [3.05, 3.63) is 97.1 Å². The fourth-order valence-electron chi connectivity index (χ4n) is 3.86. The molecule has 162 valence electrons. The summed E-state index contributed by atoms with van der Waals surface area (Å²) in [5.74, 6) is 0. The van der Waals surface area contributed by atoms with E-state index in [0.29, 0.717) is 5.46 Å². The summed E-state index contributed by atoms with van der Waals surface area (Å²) in [5, 5.41) is 21.2. The van der Waals surface area contributed by atoms with E-state index in [4.69, 9.17) is 0 Å². The summed E-state index contributed by atoms with van der Waals surface area (Å²) in [5.41, 5.74) is 6.07. The molecular weight excluding hydrogens is 393 g/mol. The zero-order valence-electron chi connectivity index (χ0n) is 19.2. The molecule has 0 aliphatic heterocycles. The van der Waals surface area contributed by atoms with Gasteiger partial charge in [0, 0.05) is 16.5 Å². The zero-order chi connectivity index (χ0) is 23.1. The highest BCUT2D eigenvalue weighted by molar-refractivity contribution is 6.59. The number of fused-ring (bicyclic) bond motifs is 3. The smallest absolute Gasteiger partial charge is 0.423 e. The lowest BCUT2D eigenvalue weighted by Crippen LogP contribution is -2.29. The molecule has 32 heavy (non-hydrogen) atoms. The van der Waals surface area contributed by atoms with Crippen LogP contribution in [-0.2, 0) is 0 Å². The summed E-state index contributed by atoms with van der Waals surface area (Å²) in [6, 6.07) is 32.6. The van der Waals surface area contributed by atoms with Gasteiger partial charge in [0.1, 0.15) is 0 Å². The van der Waals surface area contributed by atoms with Gasteiger partial charge < -0.3 is 14.6 Å². The summed E-state index contributed by atoms with van der Waals surface area (Å²) in [7, 11) is -1.48. The van der Waals surface area contributed by atoms with Crippen LogP contribution in [-0.4, -0.2) is 21.7 Å². The fourth-order valence-corrected chi connectivity index (χ4v) is 3.86. The monoisotopic (exact) mass is 423 g/mol. The van der Waals surface area contributed by atoms with Gasteiger partial charge >= 0.3 is 7.12 Å². The van der Waals surface area contributed by atoms with Crippen molar-refractivity contribution in [3.8, 4) is 16.8 Å². The van der Waals surface area contributed by atoms with E-state index in [-0.39, 0.29) is 0 Å². The predicted molar refractivity (Wildman–Crippen MR) is 139 cm³/mol. The van der Waals surface area contributed by atoms with Crippen LogP contribution in [0.5, 0.6) is 0 Å². The predicted octanol–water partition coefficient (Wildman–Crippen LogP) is 6.18. The van der Waals surface area contributed by atoms with Gasteiger partial charge in [0.05, 0.1) is 11.0 Å². The van der Waals surface area contributed by atoms with Crippen LogP contribution >= 0.6 is 0 Å². The summed E-state index contributed by atoms with van der Waals surface area (Å²) >= 11 is 0. The van der Waals surface area contributed by atoms with E-state index in [0.717, 1.165) is 27.5 Å². The third kappa shape index (κ3) is 4.47. The molecule has 0 unspecified atom stereocenters. The largest absolute Gasteiger partial charge is 0.488 e. The summed E-state index contributed by atoms with van der Waals surface area (Å²) in [4.78, 5) is 0. The molecule has 0 bridgehead atoms. The third-order valence-electron chi connectivity index (χ3n) is 5.23. The van der Waals surface area contributed by atoms with Crippen LogP contribution in [0.1, 0.15) is 27.7 Å². The van der Waals surface area contributed by atoms with Crippen LogP contribution in [0.25, 0.3) is 38.6 Å². The molecule has 3 nitrogen and oxygen atoms in total. The van der Waals surface area contributed by atoms with Crippen molar-refractivity contribution in [2.75, 3.05) is 0 Å². The van der Waals surface area contributed by atoms with Crippen LogP contribution < -0.4 is 5.46 Å². The van der Waals surface area contributed by atoms with Gasteiger partial charge in [-0.15, -0.1) is 0 Å². The van der Waals surface area contributed by atoms with Crippen molar-refractivity contribution in [1.82, 2.24) is 4.57 Å². The average Bonchev–Trinajstić information content (AvgIpc) is 3.21. The lowest BCUT2D eigenvalue weighted by Gasteiger charge is -2.09. The van der Waals surface area contributed by atoms with Crippen molar-refractivity contribution in [2.24, 2.45) is 0 Å². The zero-order valence-corrected chi connectivity index (χ0v) is 19.2. The quantitative estimate of drug-likeness (QED) is 0.340. The van der Waals surface area contributed by atoms with E-state index in [2.05, 4.69) is 53.1 Å². The number of hydrogen-bond acceptors (Lipinski definition) is 2.